The molecule has 1 aliphatic heterocycles. The molecule has 8 nitrogen and oxygen atoms in total. The number of rotatable bonds is 5. The van der Waals surface area contributed by atoms with Gasteiger partial charge in [-0.25, -0.2) is 0 Å². The van der Waals surface area contributed by atoms with Crippen molar-refractivity contribution in [2.45, 2.75) is 79.9 Å². The molecule has 7 bridgehead atoms. The summed E-state index contributed by atoms with van der Waals surface area (Å²) in [5, 5.41) is 36.9. The summed E-state index contributed by atoms with van der Waals surface area (Å²) < 4.78 is 24.6. The normalized spacial score (nSPS) is 62.4. The first kappa shape index (κ1) is 22.2. The molecule has 5 saturated carbocycles. The maximum absolute atomic E-state index is 12.8. The number of likely N-dealkylation sites (tertiary alicyclic amines) is 1. The fraction of sp³-hybridized carbons (Fsp3) is 1.00. The Morgan fingerprint density at radius 2 is 1.81 bits per heavy atom. The van der Waals surface area contributed by atoms with Crippen molar-refractivity contribution in [1.29, 1.82) is 0 Å². The van der Waals surface area contributed by atoms with Gasteiger partial charge in [0, 0.05) is 64.6 Å². The Kier molecular flexibility index (Phi) is 4.62. The highest BCUT2D eigenvalue weighted by molar-refractivity contribution is 5.42. The molecule has 0 amide bonds. The van der Waals surface area contributed by atoms with Gasteiger partial charge in [-0.15, -0.1) is 0 Å². The molecule has 8 heteroatoms. The van der Waals surface area contributed by atoms with Gasteiger partial charge < -0.3 is 34.3 Å². The minimum Gasteiger partial charge on any atom is -0.392 e. The SMILES string of the molecule is CCN1CC2(OC)CCC(OC)C34C5CC6C(OC)CC(O)(C5C6O)C(O)(C(OC)C23)C14. The standard InChI is InChI=1S/C24H39NO7/c1-6-25-11-21(32-5)8-7-15(30-3)23-13-9-12-14(29-2)10-22(27,16(13)17(12)26)24(28,20(23)25)19(31-4)18(21)23/h12-20,26-28H,6-11H2,1-5H3. The molecule has 0 aromatic carbocycles. The number of nitrogens with zero attached hydrogens (tertiary/aromatic N) is 1. The molecule has 13 unspecified atom stereocenters. The van der Waals surface area contributed by atoms with Crippen LogP contribution in [0, 0.1) is 29.1 Å². The highest BCUT2D eigenvalue weighted by Gasteiger charge is 2.91. The van der Waals surface area contributed by atoms with Gasteiger partial charge in [0.05, 0.1) is 36.1 Å². The van der Waals surface area contributed by atoms with E-state index in [1.54, 1.807) is 28.4 Å². The number of methoxy groups -OCH3 is 4. The highest BCUT2D eigenvalue weighted by atomic mass is 16.5. The maximum atomic E-state index is 12.8. The van der Waals surface area contributed by atoms with Crippen LogP contribution >= 0.6 is 0 Å². The Balaban J connectivity index is 1.69. The highest BCUT2D eigenvalue weighted by Crippen LogP contribution is 2.79. The van der Waals surface area contributed by atoms with E-state index in [0.717, 1.165) is 25.8 Å². The third kappa shape index (κ3) is 1.96. The third-order valence-electron chi connectivity index (χ3n) is 11.3. The van der Waals surface area contributed by atoms with Crippen LogP contribution in [0.25, 0.3) is 0 Å². The van der Waals surface area contributed by atoms with Crippen LogP contribution in [0.1, 0.15) is 32.6 Å². The summed E-state index contributed by atoms with van der Waals surface area (Å²) in [5.74, 6) is -0.643. The summed E-state index contributed by atoms with van der Waals surface area (Å²) in [4.78, 5) is 2.32. The fourth-order valence-corrected chi connectivity index (χ4v) is 10.6. The lowest BCUT2D eigenvalue weighted by atomic mass is 9.44. The molecule has 0 aromatic rings. The van der Waals surface area contributed by atoms with E-state index in [9.17, 15) is 15.3 Å². The second kappa shape index (κ2) is 6.66. The van der Waals surface area contributed by atoms with Crippen LogP contribution in [0.3, 0.4) is 0 Å². The summed E-state index contributed by atoms with van der Waals surface area (Å²) in [5.41, 5.74) is -4.07. The number of fused-ring (bicyclic) bond motifs is 2. The van der Waals surface area contributed by atoms with Crippen molar-refractivity contribution in [3.8, 4) is 0 Å². The van der Waals surface area contributed by atoms with Crippen LogP contribution in [-0.4, -0.2) is 109 Å². The van der Waals surface area contributed by atoms with Crippen molar-refractivity contribution < 1.29 is 34.3 Å². The van der Waals surface area contributed by atoms with Gasteiger partial charge >= 0.3 is 0 Å². The third-order valence-corrected chi connectivity index (χ3v) is 11.3. The lowest BCUT2D eigenvalue weighted by Gasteiger charge is -2.69. The minimum atomic E-state index is -1.57. The largest absolute Gasteiger partial charge is 0.392 e. The number of piperidine rings is 1. The molecule has 1 saturated heterocycles. The number of hydrogen-bond donors (Lipinski definition) is 3. The molecule has 0 aromatic heterocycles. The first-order valence-corrected chi connectivity index (χ1v) is 12.3. The lowest BCUT2D eigenvalue weighted by molar-refractivity contribution is -0.322. The van der Waals surface area contributed by atoms with Crippen molar-refractivity contribution in [2.75, 3.05) is 41.5 Å². The summed E-state index contributed by atoms with van der Waals surface area (Å²) in [6.07, 6.45) is 0.937. The van der Waals surface area contributed by atoms with Gasteiger partial charge in [-0.05, 0) is 31.7 Å². The second-order valence-corrected chi connectivity index (χ2v) is 11.4. The Hall–Kier alpha value is -0.320. The van der Waals surface area contributed by atoms with Gasteiger partial charge in [-0.3, -0.25) is 4.90 Å². The molecule has 6 rings (SSSR count). The molecular weight excluding hydrogens is 414 g/mol. The molecule has 32 heavy (non-hydrogen) atoms. The van der Waals surface area contributed by atoms with Gasteiger partial charge in [0.25, 0.3) is 0 Å². The Morgan fingerprint density at radius 3 is 2.41 bits per heavy atom. The number of aliphatic hydroxyl groups is 3. The first-order valence-electron chi connectivity index (χ1n) is 12.3. The Morgan fingerprint density at radius 1 is 1.06 bits per heavy atom. The fourth-order valence-electron chi connectivity index (χ4n) is 10.6. The summed E-state index contributed by atoms with van der Waals surface area (Å²) in [6, 6.07) is -0.337. The van der Waals surface area contributed by atoms with Crippen LogP contribution in [0.15, 0.2) is 0 Å². The molecule has 1 spiro atoms. The molecule has 6 aliphatic rings. The summed E-state index contributed by atoms with van der Waals surface area (Å²) in [7, 11) is 6.82. The maximum Gasteiger partial charge on any atom is 0.136 e. The zero-order valence-corrected chi connectivity index (χ0v) is 19.9. The van der Waals surface area contributed by atoms with Crippen LogP contribution < -0.4 is 0 Å². The molecular formula is C24H39NO7. The average molecular weight is 454 g/mol. The zero-order valence-electron chi connectivity index (χ0n) is 19.9. The van der Waals surface area contributed by atoms with E-state index in [0.29, 0.717) is 13.0 Å². The van der Waals surface area contributed by atoms with E-state index >= 15 is 0 Å². The zero-order chi connectivity index (χ0) is 22.8. The molecule has 6 fully saturated rings. The monoisotopic (exact) mass is 453 g/mol. The predicted octanol–water partition coefficient (Wildman–Crippen LogP) is 0.0234. The van der Waals surface area contributed by atoms with Gasteiger partial charge in [0.15, 0.2) is 0 Å². The quantitative estimate of drug-likeness (QED) is 0.536. The average Bonchev–Trinajstić information content (AvgIpc) is 3.15. The number of likely N-dealkylation sites (N-methyl/N-ethyl adjacent to an activating group) is 1. The van der Waals surface area contributed by atoms with Crippen molar-refractivity contribution >= 4 is 0 Å². The van der Waals surface area contributed by atoms with Crippen LogP contribution in [0.4, 0.5) is 0 Å². The van der Waals surface area contributed by atoms with E-state index < -0.39 is 40.3 Å². The summed E-state index contributed by atoms with van der Waals surface area (Å²) in [6.45, 7) is 3.53. The molecule has 0 radical (unpaired) electrons. The minimum absolute atomic E-state index is 0.0165. The lowest BCUT2D eigenvalue weighted by Crippen LogP contribution is -2.82. The Bertz CT molecular complexity index is 798. The van der Waals surface area contributed by atoms with E-state index in [1.807, 2.05) is 0 Å². The van der Waals surface area contributed by atoms with E-state index in [1.165, 1.54) is 0 Å². The topological polar surface area (TPSA) is 101 Å². The molecule has 13 atom stereocenters. The van der Waals surface area contributed by atoms with E-state index in [-0.39, 0.29) is 36.0 Å². The van der Waals surface area contributed by atoms with Crippen molar-refractivity contribution in [3.63, 3.8) is 0 Å². The van der Waals surface area contributed by atoms with E-state index in [4.69, 9.17) is 18.9 Å². The molecule has 182 valence electrons. The van der Waals surface area contributed by atoms with E-state index in [2.05, 4.69) is 11.8 Å². The van der Waals surface area contributed by atoms with Crippen molar-refractivity contribution in [3.05, 3.63) is 0 Å². The first-order chi connectivity index (χ1) is 15.3. The number of aliphatic hydroxyl groups excluding tert-OH is 1. The van der Waals surface area contributed by atoms with Gasteiger partial charge in [-0.2, -0.15) is 0 Å². The Labute approximate surface area is 190 Å². The van der Waals surface area contributed by atoms with Crippen LogP contribution in [-0.2, 0) is 18.9 Å². The number of hydrogen-bond acceptors (Lipinski definition) is 8. The number of ether oxygens (including phenoxy) is 4. The van der Waals surface area contributed by atoms with Gasteiger partial charge in [0.2, 0.25) is 0 Å². The van der Waals surface area contributed by atoms with Crippen molar-refractivity contribution in [2.24, 2.45) is 29.1 Å². The van der Waals surface area contributed by atoms with Gasteiger partial charge in [-0.1, -0.05) is 6.92 Å². The molecule has 3 N–H and O–H groups in total. The molecule has 1 heterocycles. The molecule has 5 aliphatic carbocycles. The van der Waals surface area contributed by atoms with Crippen LogP contribution in [0.5, 0.6) is 0 Å². The predicted molar refractivity (Wildman–Crippen MR) is 114 cm³/mol. The summed E-state index contributed by atoms with van der Waals surface area (Å²) >= 11 is 0. The second-order valence-electron chi connectivity index (χ2n) is 11.4. The van der Waals surface area contributed by atoms with Crippen molar-refractivity contribution in [1.82, 2.24) is 4.90 Å². The van der Waals surface area contributed by atoms with Gasteiger partial charge in [0.1, 0.15) is 11.2 Å². The van der Waals surface area contributed by atoms with Crippen LogP contribution in [0.2, 0.25) is 0 Å². The smallest absolute Gasteiger partial charge is 0.136 e.